The molecule has 2 saturated heterocycles. The molecule has 2 fully saturated rings. The fourth-order valence-electron chi connectivity index (χ4n) is 3.43. The summed E-state index contributed by atoms with van der Waals surface area (Å²) in [5, 5.41) is 0. The Balaban J connectivity index is 1.81. The van der Waals surface area contributed by atoms with Crippen molar-refractivity contribution in [3.05, 3.63) is 35.1 Å². The molecule has 1 aromatic carbocycles. The summed E-state index contributed by atoms with van der Waals surface area (Å²) < 4.78 is 18.7. The molecule has 0 radical (unpaired) electrons. The van der Waals surface area contributed by atoms with Gasteiger partial charge in [-0.3, -0.25) is 9.69 Å². The number of carbonyl (C=O) groups is 1. The first-order valence-corrected chi connectivity index (χ1v) is 7.16. The Morgan fingerprint density at radius 3 is 2.55 bits per heavy atom. The minimum Gasteiger partial charge on any atom is -0.378 e. The molecule has 2 unspecified atom stereocenters. The maximum absolute atomic E-state index is 13.2. The number of hydrogen-bond acceptors (Lipinski definition) is 3. The summed E-state index contributed by atoms with van der Waals surface area (Å²) in [5.41, 5.74) is 1.40. The molecule has 2 bridgehead atoms. The summed E-state index contributed by atoms with van der Waals surface area (Å²) >= 11 is 0. The third kappa shape index (κ3) is 2.38. The first-order valence-electron chi connectivity index (χ1n) is 7.16. The smallest absolute Gasteiger partial charge is 0.166 e. The Bertz CT molecular complexity index is 517. The van der Waals surface area contributed by atoms with Gasteiger partial charge >= 0.3 is 0 Å². The van der Waals surface area contributed by atoms with Gasteiger partial charge in [-0.25, -0.2) is 4.39 Å². The number of hydrogen-bond donors (Lipinski definition) is 0. The van der Waals surface area contributed by atoms with Crippen LogP contribution in [-0.4, -0.2) is 43.0 Å². The molecule has 0 aliphatic carbocycles. The third-order valence-corrected chi connectivity index (χ3v) is 4.71. The highest BCUT2D eigenvalue weighted by Crippen LogP contribution is 2.32. The molecule has 2 heterocycles. The Hall–Kier alpha value is -1.26. The molecule has 2 atom stereocenters. The van der Waals surface area contributed by atoms with Gasteiger partial charge < -0.3 is 4.74 Å². The molecule has 0 spiro atoms. The molecular formula is C16H20FNO2. The van der Waals surface area contributed by atoms with Crippen LogP contribution in [0.1, 0.15) is 28.8 Å². The molecule has 3 nitrogen and oxygen atoms in total. The van der Waals surface area contributed by atoms with Gasteiger partial charge in [0.2, 0.25) is 0 Å². The first kappa shape index (κ1) is 13.7. The molecule has 3 rings (SSSR count). The van der Waals surface area contributed by atoms with Gasteiger partial charge in [0.15, 0.2) is 5.78 Å². The lowest BCUT2D eigenvalue weighted by atomic mass is 9.80. The second-order valence-corrected chi connectivity index (χ2v) is 6.00. The van der Waals surface area contributed by atoms with Crippen LogP contribution in [0, 0.1) is 18.7 Å². The van der Waals surface area contributed by atoms with Gasteiger partial charge in [-0.15, -0.1) is 0 Å². The molecule has 1 aromatic rings. The second-order valence-electron chi connectivity index (χ2n) is 6.00. The summed E-state index contributed by atoms with van der Waals surface area (Å²) in [5.74, 6) is -0.0885. The van der Waals surface area contributed by atoms with Crippen molar-refractivity contribution < 1.29 is 13.9 Å². The minimum absolute atomic E-state index is 0.0364. The van der Waals surface area contributed by atoms with Crippen LogP contribution < -0.4 is 0 Å². The maximum atomic E-state index is 13.2. The van der Waals surface area contributed by atoms with E-state index in [1.165, 1.54) is 12.1 Å². The highest BCUT2D eigenvalue weighted by molar-refractivity contribution is 5.99. The van der Waals surface area contributed by atoms with Gasteiger partial charge in [0.05, 0.1) is 13.2 Å². The van der Waals surface area contributed by atoms with Crippen molar-refractivity contribution in [3.63, 3.8) is 0 Å². The van der Waals surface area contributed by atoms with Crippen LogP contribution in [0.4, 0.5) is 4.39 Å². The fraction of sp³-hybridized carbons (Fsp3) is 0.562. The van der Waals surface area contributed by atoms with Crippen LogP contribution in [0.2, 0.25) is 0 Å². The van der Waals surface area contributed by atoms with E-state index in [2.05, 4.69) is 11.9 Å². The molecule has 108 valence electrons. The Labute approximate surface area is 118 Å². The van der Waals surface area contributed by atoms with Gasteiger partial charge in [-0.2, -0.15) is 0 Å². The number of ether oxygens (including phenoxy) is 1. The number of halogens is 1. The lowest BCUT2D eigenvalue weighted by Crippen LogP contribution is -2.55. The number of benzene rings is 1. The quantitative estimate of drug-likeness (QED) is 0.778. The average molecular weight is 277 g/mol. The van der Waals surface area contributed by atoms with E-state index in [1.807, 2.05) is 0 Å². The number of nitrogens with zero attached hydrogens (tertiary/aromatic N) is 1. The van der Waals surface area contributed by atoms with E-state index in [9.17, 15) is 9.18 Å². The first-order chi connectivity index (χ1) is 9.56. The predicted octanol–water partition coefficient (Wildman–Crippen LogP) is 2.43. The zero-order chi connectivity index (χ0) is 14.3. The molecular weight excluding hydrogens is 257 g/mol. The SMILES string of the molecule is Cc1cc(F)ccc1C(=O)C1CC2COCC(C1)N2C. The van der Waals surface area contributed by atoms with Crippen molar-refractivity contribution in [2.24, 2.45) is 5.92 Å². The normalized spacial score (nSPS) is 30.2. The summed E-state index contributed by atoms with van der Waals surface area (Å²) in [4.78, 5) is 15.0. The van der Waals surface area contributed by atoms with Gasteiger partial charge in [0.25, 0.3) is 0 Å². The van der Waals surface area contributed by atoms with Crippen molar-refractivity contribution in [2.45, 2.75) is 31.8 Å². The van der Waals surface area contributed by atoms with Crippen molar-refractivity contribution in [3.8, 4) is 0 Å². The van der Waals surface area contributed by atoms with Crippen LogP contribution in [-0.2, 0) is 4.74 Å². The number of fused-ring (bicyclic) bond motifs is 2. The zero-order valence-corrected chi connectivity index (χ0v) is 11.9. The van der Waals surface area contributed by atoms with Crippen molar-refractivity contribution in [1.29, 1.82) is 0 Å². The van der Waals surface area contributed by atoms with E-state index in [0.29, 0.717) is 30.9 Å². The zero-order valence-electron chi connectivity index (χ0n) is 11.9. The molecule has 4 heteroatoms. The van der Waals surface area contributed by atoms with Gasteiger partial charge in [-0.1, -0.05) is 0 Å². The van der Waals surface area contributed by atoms with E-state index in [4.69, 9.17) is 4.74 Å². The van der Waals surface area contributed by atoms with E-state index >= 15 is 0 Å². The second kappa shape index (κ2) is 5.26. The van der Waals surface area contributed by atoms with Gasteiger partial charge in [0, 0.05) is 23.6 Å². The van der Waals surface area contributed by atoms with E-state index < -0.39 is 0 Å². The highest BCUT2D eigenvalue weighted by Gasteiger charge is 2.39. The number of aryl methyl sites for hydroxylation is 1. The number of Topliss-reactive ketones (excluding diaryl/α,β-unsaturated/α-hetero) is 1. The van der Waals surface area contributed by atoms with Crippen molar-refractivity contribution in [2.75, 3.05) is 20.3 Å². The molecule has 0 aromatic heterocycles. The monoisotopic (exact) mass is 277 g/mol. The lowest BCUT2D eigenvalue weighted by Gasteiger charge is -2.46. The maximum Gasteiger partial charge on any atom is 0.166 e. The molecule has 20 heavy (non-hydrogen) atoms. The van der Waals surface area contributed by atoms with Crippen molar-refractivity contribution in [1.82, 2.24) is 4.90 Å². The summed E-state index contributed by atoms with van der Waals surface area (Å²) in [6.45, 7) is 3.22. The molecule has 0 saturated carbocycles. The van der Waals surface area contributed by atoms with E-state index in [0.717, 1.165) is 18.4 Å². The van der Waals surface area contributed by atoms with Gasteiger partial charge in [0.1, 0.15) is 5.82 Å². The van der Waals surface area contributed by atoms with Crippen LogP contribution in [0.25, 0.3) is 0 Å². The Morgan fingerprint density at radius 2 is 1.95 bits per heavy atom. The fourth-order valence-corrected chi connectivity index (χ4v) is 3.43. The molecule has 2 aliphatic rings. The minimum atomic E-state index is -0.285. The lowest BCUT2D eigenvalue weighted by molar-refractivity contribution is -0.0702. The number of likely N-dealkylation sites (N-methyl/N-ethyl adjacent to an activating group) is 1. The van der Waals surface area contributed by atoms with E-state index in [1.54, 1.807) is 13.0 Å². The molecule has 0 amide bonds. The molecule has 0 N–H and O–H groups in total. The number of rotatable bonds is 2. The van der Waals surface area contributed by atoms with E-state index in [-0.39, 0.29) is 17.5 Å². The summed E-state index contributed by atoms with van der Waals surface area (Å²) in [6, 6.07) is 5.09. The van der Waals surface area contributed by atoms with Crippen LogP contribution >= 0.6 is 0 Å². The Kier molecular flexibility index (Phi) is 3.61. The number of ketones is 1. The standard InChI is InChI=1S/C16H20FNO2/c1-10-5-12(17)3-4-15(10)16(19)11-6-13-8-20-9-14(7-11)18(13)2/h3-5,11,13-14H,6-9H2,1-2H3. The topological polar surface area (TPSA) is 29.5 Å². The summed E-state index contributed by atoms with van der Waals surface area (Å²) in [7, 11) is 2.11. The van der Waals surface area contributed by atoms with Crippen LogP contribution in [0.15, 0.2) is 18.2 Å². The molecule has 2 aliphatic heterocycles. The van der Waals surface area contributed by atoms with Crippen LogP contribution in [0.5, 0.6) is 0 Å². The number of morpholine rings is 1. The largest absolute Gasteiger partial charge is 0.378 e. The summed E-state index contributed by atoms with van der Waals surface area (Å²) in [6.07, 6.45) is 1.67. The number of piperidine rings is 1. The van der Waals surface area contributed by atoms with Crippen LogP contribution in [0.3, 0.4) is 0 Å². The van der Waals surface area contributed by atoms with Crippen molar-refractivity contribution >= 4 is 5.78 Å². The van der Waals surface area contributed by atoms with Gasteiger partial charge in [-0.05, 0) is 50.6 Å². The highest BCUT2D eigenvalue weighted by atomic mass is 19.1. The predicted molar refractivity (Wildman–Crippen MR) is 74.3 cm³/mol. The Morgan fingerprint density at radius 1 is 1.30 bits per heavy atom. The number of carbonyl (C=O) groups excluding carboxylic acids is 1. The third-order valence-electron chi connectivity index (χ3n) is 4.71. The average Bonchev–Trinajstić information content (AvgIpc) is 2.37.